The molecule has 0 aliphatic heterocycles. The van der Waals surface area contributed by atoms with Crippen molar-refractivity contribution in [2.75, 3.05) is 0 Å². The summed E-state index contributed by atoms with van der Waals surface area (Å²) in [6, 6.07) is 8.21. The molecule has 1 rings (SSSR count). The van der Waals surface area contributed by atoms with Gasteiger partial charge < -0.3 is 17.4 Å². The molecular formula is C19H40O4Si5. The van der Waals surface area contributed by atoms with Gasteiger partial charge in [0.05, 0.1) is 5.56 Å². The van der Waals surface area contributed by atoms with E-state index in [4.69, 9.17) is 17.4 Å². The average molecular weight is 473 g/mol. The largest absolute Gasteiger partial charge is 0.546 e. The minimum atomic E-state index is -2.24. The Bertz CT molecular complexity index is 698. The Morgan fingerprint density at radius 3 is 1.64 bits per heavy atom. The third kappa shape index (κ3) is 8.41. The second-order valence-electron chi connectivity index (χ2n) is 10.5. The molecule has 1 aromatic carbocycles. The van der Waals surface area contributed by atoms with Gasteiger partial charge in [0.2, 0.25) is 33.3 Å². The van der Waals surface area contributed by atoms with Gasteiger partial charge in [-0.1, -0.05) is 12.1 Å². The highest BCUT2D eigenvalue weighted by Gasteiger charge is 2.38. The molecule has 160 valence electrons. The molecule has 0 spiro atoms. The molecule has 0 atom stereocenters. The number of hydrogen-bond donors (Lipinski definition) is 0. The van der Waals surface area contributed by atoms with E-state index in [-0.39, 0.29) is 0 Å². The first-order valence-electron chi connectivity index (χ1n) is 9.91. The van der Waals surface area contributed by atoms with Crippen molar-refractivity contribution in [3.63, 3.8) is 0 Å². The Morgan fingerprint density at radius 1 is 0.714 bits per heavy atom. The molecule has 4 nitrogen and oxygen atoms in total. The average Bonchev–Trinajstić information content (AvgIpc) is 2.48. The van der Waals surface area contributed by atoms with Gasteiger partial charge in [-0.3, -0.25) is 0 Å². The lowest BCUT2D eigenvalue weighted by Gasteiger charge is -2.35. The van der Waals surface area contributed by atoms with Gasteiger partial charge in [-0.15, -0.1) is 0 Å². The topological polar surface area (TPSA) is 36.9 Å². The van der Waals surface area contributed by atoms with Crippen LogP contribution in [-0.4, -0.2) is 43.8 Å². The molecule has 9 heteroatoms. The van der Waals surface area contributed by atoms with Crippen molar-refractivity contribution in [3.05, 3.63) is 35.2 Å². The zero-order valence-corrected chi connectivity index (χ0v) is 25.9. The fourth-order valence-electron chi connectivity index (χ4n) is 2.44. The van der Waals surface area contributed by atoms with Crippen molar-refractivity contribution in [1.82, 2.24) is 0 Å². The van der Waals surface area contributed by atoms with Crippen LogP contribution in [0.1, 0.15) is 5.56 Å². The smallest absolute Gasteiger partial charge is 0.248 e. The lowest BCUT2D eigenvalue weighted by Crippen LogP contribution is -2.41. The molecule has 0 amide bonds. The van der Waals surface area contributed by atoms with E-state index in [0.29, 0.717) is 10.5 Å². The Balaban J connectivity index is 3.82. The molecule has 28 heavy (non-hydrogen) atoms. The van der Waals surface area contributed by atoms with Crippen LogP contribution in [0, 0.1) is 0 Å². The van der Waals surface area contributed by atoms with E-state index in [1.165, 1.54) is 0 Å². The summed E-state index contributed by atoms with van der Waals surface area (Å²) in [5.41, 5.74) is 0.986. The molecule has 0 unspecified atom stereocenters. The van der Waals surface area contributed by atoms with Crippen LogP contribution in [0.25, 0.3) is 5.76 Å². The molecule has 0 heterocycles. The van der Waals surface area contributed by atoms with E-state index in [1.807, 2.05) is 18.2 Å². The number of rotatable bonds is 9. The van der Waals surface area contributed by atoms with E-state index < -0.39 is 33.3 Å². The van der Waals surface area contributed by atoms with Crippen LogP contribution in [0.2, 0.25) is 72.0 Å². The monoisotopic (exact) mass is 472 g/mol. The first kappa shape index (κ1) is 25.4. The van der Waals surface area contributed by atoms with Crippen molar-refractivity contribution in [2.24, 2.45) is 0 Å². The summed E-state index contributed by atoms with van der Waals surface area (Å²) in [6.07, 6.45) is 0. The Morgan fingerprint density at radius 2 is 1.21 bits per heavy atom. The Labute approximate surface area is 179 Å². The third-order valence-corrected chi connectivity index (χ3v) is 11.8. The summed E-state index contributed by atoms with van der Waals surface area (Å²) in [5.74, 6) is 1.72. The highest BCUT2D eigenvalue weighted by atomic mass is 28.4. The molecule has 1 aromatic rings. The molecule has 0 saturated heterocycles. The zero-order valence-electron chi connectivity index (χ0n) is 19.9. The summed E-state index contributed by atoms with van der Waals surface area (Å²) in [7, 11) is -7.11. The van der Waals surface area contributed by atoms with Crippen molar-refractivity contribution in [3.8, 4) is 5.75 Å². The lowest BCUT2D eigenvalue weighted by molar-refractivity contribution is 0.401. The highest BCUT2D eigenvalue weighted by Crippen LogP contribution is 2.37. The maximum absolute atomic E-state index is 6.70. The Kier molecular flexibility index (Phi) is 8.22. The van der Waals surface area contributed by atoms with E-state index in [2.05, 4.69) is 78.1 Å². The van der Waals surface area contributed by atoms with Gasteiger partial charge in [-0.25, -0.2) is 0 Å². The van der Waals surface area contributed by atoms with Crippen LogP contribution in [0.5, 0.6) is 5.75 Å². The number of hydrogen-bond acceptors (Lipinski definition) is 4. The van der Waals surface area contributed by atoms with E-state index in [1.54, 1.807) is 0 Å². The van der Waals surface area contributed by atoms with E-state index in [0.717, 1.165) is 22.5 Å². The molecule has 0 fully saturated rings. The summed E-state index contributed by atoms with van der Waals surface area (Å²) >= 11 is 0. The minimum Gasteiger partial charge on any atom is -0.546 e. The minimum absolute atomic E-state index is 0.673. The molecule has 0 N–H and O–H groups in total. The SMILES string of the molecule is C[Si](C)(C)OC(=C(O[Si](C)(C)C)[Si](C)(C)O[SiH3])c1ccccc1O[Si](C)(C)C. The van der Waals surface area contributed by atoms with Gasteiger partial charge in [0, 0.05) is 0 Å². The van der Waals surface area contributed by atoms with Gasteiger partial charge in [-0.2, -0.15) is 0 Å². The molecule has 0 radical (unpaired) electrons. The van der Waals surface area contributed by atoms with Gasteiger partial charge in [0.15, 0.2) is 0 Å². The van der Waals surface area contributed by atoms with E-state index >= 15 is 0 Å². The molecular weight excluding hydrogens is 433 g/mol. The second-order valence-corrected chi connectivity index (χ2v) is 28.9. The number of benzene rings is 1. The molecule has 0 bridgehead atoms. The van der Waals surface area contributed by atoms with Crippen molar-refractivity contribution >= 4 is 49.5 Å². The normalized spacial score (nSPS) is 14.5. The maximum atomic E-state index is 6.70. The van der Waals surface area contributed by atoms with Gasteiger partial charge in [-0.05, 0) is 84.1 Å². The lowest BCUT2D eigenvalue weighted by atomic mass is 10.2. The summed E-state index contributed by atoms with van der Waals surface area (Å²) in [6.45, 7) is 24.2. The highest BCUT2D eigenvalue weighted by molar-refractivity contribution is 6.83. The van der Waals surface area contributed by atoms with Crippen molar-refractivity contribution < 1.29 is 17.4 Å². The fraction of sp³-hybridized carbons (Fsp3) is 0.579. The van der Waals surface area contributed by atoms with Crippen molar-refractivity contribution in [2.45, 2.75) is 72.0 Å². The summed E-state index contributed by atoms with van der Waals surface area (Å²) in [4.78, 5) is 0. The Hall–Kier alpha value is -0.596. The number of para-hydroxylation sites is 1. The van der Waals surface area contributed by atoms with Gasteiger partial charge in [0.1, 0.15) is 27.4 Å². The summed E-state index contributed by atoms with van der Waals surface area (Å²) in [5, 5.41) is 0.927. The third-order valence-electron chi connectivity index (χ3n) is 3.63. The molecule has 0 aromatic heterocycles. The van der Waals surface area contributed by atoms with Crippen LogP contribution in [-0.2, 0) is 13.0 Å². The van der Waals surface area contributed by atoms with Crippen LogP contribution in [0.3, 0.4) is 0 Å². The predicted molar refractivity (Wildman–Crippen MR) is 135 cm³/mol. The second kappa shape index (κ2) is 9.05. The maximum Gasteiger partial charge on any atom is 0.248 e. The van der Waals surface area contributed by atoms with Crippen LogP contribution in [0.15, 0.2) is 29.6 Å². The van der Waals surface area contributed by atoms with Crippen LogP contribution >= 0.6 is 0 Å². The molecule has 0 aliphatic rings. The zero-order chi connectivity index (χ0) is 22.0. The first-order chi connectivity index (χ1) is 12.5. The van der Waals surface area contributed by atoms with Gasteiger partial charge >= 0.3 is 0 Å². The first-order valence-corrected chi connectivity index (χ1v) is 23.9. The van der Waals surface area contributed by atoms with Crippen LogP contribution in [0.4, 0.5) is 0 Å². The van der Waals surface area contributed by atoms with Crippen molar-refractivity contribution in [1.29, 1.82) is 0 Å². The summed E-state index contributed by atoms with van der Waals surface area (Å²) < 4.78 is 25.9. The molecule has 0 aliphatic carbocycles. The molecule has 0 saturated carbocycles. The quantitative estimate of drug-likeness (QED) is 0.360. The van der Waals surface area contributed by atoms with Crippen LogP contribution < -0.4 is 4.43 Å². The fourth-order valence-corrected chi connectivity index (χ4v) is 8.28. The van der Waals surface area contributed by atoms with E-state index in [9.17, 15) is 0 Å². The predicted octanol–water partition coefficient (Wildman–Crippen LogP) is 5.31. The van der Waals surface area contributed by atoms with Gasteiger partial charge in [0.25, 0.3) is 0 Å². The standard InChI is InChI=1S/C19H40O4Si5/c1-25(2,3)20-17-15-13-12-14-16(17)18(21-26(4,5)6)19(22-27(7,8)9)28(10,11)23-24/h12-15H,1-11,24H3.